The van der Waals surface area contributed by atoms with Crippen molar-refractivity contribution >= 4 is 40.0 Å². The Morgan fingerprint density at radius 1 is 0.913 bits per heavy atom. The van der Waals surface area contributed by atoms with Gasteiger partial charge < -0.3 is 44.9 Å². The minimum absolute atomic E-state index is 0.00204. The summed E-state index contributed by atoms with van der Waals surface area (Å²) in [6.07, 6.45) is 0.894. The number of thiazole rings is 1. The van der Waals surface area contributed by atoms with E-state index in [1.165, 1.54) is 4.90 Å². The zero-order valence-corrected chi connectivity index (χ0v) is 40.4. The number of aromatic hydroxyl groups is 2. The Labute approximate surface area is 404 Å². The number of benzene rings is 4. The average molecular weight is 955 g/mol. The molecule has 0 saturated carbocycles. The van der Waals surface area contributed by atoms with Crippen LogP contribution in [0.4, 0.5) is 0 Å². The molecule has 17 heteroatoms. The molecule has 1 saturated heterocycles. The SMILES string of the molecule is Cc1ncsc1-c1ccc([C@H](C)NC(=O)[C@@H]2C[C@@H](O)CN2C(=O)[C@@H](NC(=O)COCc2cn(CCOc3ccc(Cn4c(-c5ccc(O)cc5)c(C)c5cc(O)ccc54)cc3)nn2)C(C)(C)C)cc1. The number of aliphatic hydroxyl groups is 1. The van der Waals surface area contributed by atoms with Gasteiger partial charge in [0.2, 0.25) is 17.7 Å². The number of nitrogens with zero attached hydrogens (tertiary/aromatic N) is 6. The van der Waals surface area contributed by atoms with E-state index in [0.717, 1.165) is 55.0 Å². The fourth-order valence-corrected chi connectivity index (χ4v) is 9.59. The van der Waals surface area contributed by atoms with Gasteiger partial charge in [0.1, 0.15) is 48.2 Å². The van der Waals surface area contributed by atoms with Crippen LogP contribution in [0, 0.1) is 19.3 Å². The molecular formula is C52H58N8O8S. The maximum atomic E-state index is 14.1. The van der Waals surface area contributed by atoms with Crippen LogP contribution in [0.5, 0.6) is 17.2 Å². The zero-order chi connectivity index (χ0) is 49.0. The molecule has 4 heterocycles. The van der Waals surface area contributed by atoms with Gasteiger partial charge in [-0.15, -0.1) is 16.4 Å². The van der Waals surface area contributed by atoms with Crippen molar-refractivity contribution in [2.45, 2.75) is 91.9 Å². The Hall–Kier alpha value is -7.08. The highest BCUT2D eigenvalue weighted by Crippen LogP contribution is 2.37. The van der Waals surface area contributed by atoms with Crippen LogP contribution in [-0.2, 0) is 38.8 Å². The van der Waals surface area contributed by atoms with Crippen LogP contribution in [0.25, 0.3) is 32.6 Å². The Balaban J connectivity index is 0.800. The van der Waals surface area contributed by atoms with Crippen molar-refractivity contribution in [3.05, 3.63) is 131 Å². The number of aryl methyl sites for hydroxylation is 2. The number of fused-ring (bicyclic) bond motifs is 1. The van der Waals surface area contributed by atoms with Crippen molar-refractivity contribution in [1.29, 1.82) is 0 Å². The first kappa shape index (κ1) is 48.4. The smallest absolute Gasteiger partial charge is 0.246 e. The quantitative estimate of drug-likeness (QED) is 0.0625. The summed E-state index contributed by atoms with van der Waals surface area (Å²) < 4.78 is 15.6. The number of phenolic OH excluding ortho intramolecular Hbond substituents is 2. The van der Waals surface area contributed by atoms with Crippen molar-refractivity contribution in [2.24, 2.45) is 5.41 Å². The van der Waals surface area contributed by atoms with Gasteiger partial charge in [-0.05, 0) is 109 Å². The van der Waals surface area contributed by atoms with E-state index in [2.05, 4.69) is 30.5 Å². The van der Waals surface area contributed by atoms with E-state index in [1.54, 1.807) is 46.5 Å². The number of rotatable bonds is 17. The largest absolute Gasteiger partial charge is 0.508 e. The van der Waals surface area contributed by atoms with Crippen LogP contribution in [0.15, 0.2) is 103 Å². The van der Waals surface area contributed by atoms with Gasteiger partial charge in [-0.25, -0.2) is 9.67 Å². The second-order valence-electron chi connectivity index (χ2n) is 18.6. The minimum Gasteiger partial charge on any atom is -0.508 e. The highest BCUT2D eigenvalue weighted by Gasteiger charge is 2.44. The first-order valence-electron chi connectivity index (χ1n) is 22.9. The molecule has 360 valence electrons. The number of likely N-dealkylation sites (tertiary alicyclic amines) is 1. The second kappa shape index (κ2) is 20.6. The van der Waals surface area contributed by atoms with Crippen LogP contribution in [0.2, 0.25) is 0 Å². The maximum absolute atomic E-state index is 14.1. The Morgan fingerprint density at radius 3 is 2.32 bits per heavy atom. The summed E-state index contributed by atoms with van der Waals surface area (Å²) in [5, 5.41) is 45.9. The van der Waals surface area contributed by atoms with Gasteiger partial charge in [0.05, 0.1) is 53.3 Å². The standard InChI is InChI=1S/C52H58N8O8S/c1-31-43-23-40(62)17-20-44(43)59(47(31)36-13-15-39(61)16-14-36)25-34-7-18-42(19-8-34)68-22-21-58-26-38(56-57-58)28-67-29-46(64)55-49(52(4,5)6)51(66)60-27-41(63)24-45(60)50(65)54-32(2)35-9-11-37(12-10-35)48-33(3)53-30-69-48/h7-20,23,26,30,32,41,45,49,61-63H,21-22,24-25,27-29H2,1-6H3,(H,54,65)(H,55,64)/t32-,41+,45-,49+/m0/s1. The number of carbonyl (C=O) groups excluding carboxylic acids is 3. The van der Waals surface area contributed by atoms with E-state index < -0.39 is 35.4 Å². The molecule has 0 radical (unpaired) electrons. The van der Waals surface area contributed by atoms with Gasteiger partial charge in [0.25, 0.3) is 0 Å². The van der Waals surface area contributed by atoms with Crippen LogP contribution in [0.1, 0.15) is 68.2 Å². The molecule has 0 spiro atoms. The summed E-state index contributed by atoms with van der Waals surface area (Å²) in [5.74, 6) is -0.285. The van der Waals surface area contributed by atoms with Gasteiger partial charge in [0.15, 0.2) is 0 Å². The number of aromatic nitrogens is 5. The van der Waals surface area contributed by atoms with Crippen LogP contribution >= 0.6 is 11.3 Å². The monoisotopic (exact) mass is 954 g/mol. The molecular weight excluding hydrogens is 897 g/mol. The third kappa shape index (κ3) is 11.3. The lowest BCUT2D eigenvalue weighted by atomic mass is 9.85. The van der Waals surface area contributed by atoms with E-state index in [0.29, 0.717) is 31.1 Å². The topological polar surface area (TPSA) is 206 Å². The maximum Gasteiger partial charge on any atom is 0.246 e. The molecule has 0 unspecified atom stereocenters. The van der Waals surface area contributed by atoms with Gasteiger partial charge in [-0.1, -0.05) is 62.4 Å². The summed E-state index contributed by atoms with van der Waals surface area (Å²) in [4.78, 5) is 47.8. The first-order chi connectivity index (χ1) is 33.0. The number of hydrogen-bond acceptors (Lipinski definition) is 12. The van der Waals surface area contributed by atoms with Crippen molar-refractivity contribution < 1.29 is 39.2 Å². The fraction of sp³-hybridized carbons (Fsp3) is 0.346. The first-order valence-corrected chi connectivity index (χ1v) is 23.8. The van der Waals surface area contributed by atoms with Crippen LogP contribution < -0.4 is 15.4 Å². The Kier molecular flexibility index (Phi) is 14.5. The van der Waals surface area contributed by atoms with Crippen molar-refractivity contribution in [2.75, 3.05) is 19.8 Å². The lowest BCUT2D eigenvalue weighted by Crippen LogP contribution is -2.58. The van der Waals surface area contributed by atoms with E-state index in [1.807, 2.05) is 114 Å². The normalized spacial score (nSPS) is 15.8. The number of phenols is 2. The molecule has 1 aliphatic heterocycles. The fourth-order valence-electron chi connectivity index (χ4n) is 8.78. The van der Waals surface area contributed by atoms with Gasteiger partial charge in [-0.3, -0.25) is 14.4 Å². The molecule has 8 rings (SSSR count). The number of aliphatic hydroxyl groups excluding tert-OH is 1. The van der Waals surface area contributed by atoms with Gasteiger partial charge in [0, 0.05) is 30.4 Å². The van der Waals surface area contributed by atoms with Crippen molar-refractivity contribution in [3.8, 4) is 38.9 Å². The molecule has 4 aromatic carbocycles. The van der Waals surface area contributed by atoms with E-state index >= 15 is 0 Å². The molecule has 1 aliphatic rings. The van der Waals surface area contributed by atoms with Crippen molar-refractivity contribution in [1.82, 2.24) is 40.1 Å². The molecule has 0 bridgehead atoms. The predicted octanol–water partition coefficient (Wildman–Crippen LogP) is 7.07. The molecule has 0 aliphatic carbocycles. The number of β-amino-alcohol motifs (C(OH)–C–C–N with tert-alkyl or cyclic N) is 1. The zero-order valence-electron chi connectivity index (χ0n) is 39.5. The third-order valence-corrected chi connectivity index (χ3v) is 13.4. The average Bonchev–Trinajstić information content (AvgIpc) is 4.12. The highest BCUT2D eigenvalue weighted by molar-refractivity contribution is 7.13. The van der Waals surface area contributed by atoms with E-state index in [4.69, 9.17) is 9.47 Å². The lowest BCUT2D eigenvalue weighted by Gasteiger charge is -2.35. The van der Waals surface area contributed by atoms with Crippen LogP contribution in [0.3, 0.4) is 0 Å². The molecule has 3 amide bonds. The lowest BCUT2D eigenvalue weighted by molar-refractivity contribution is -0.144. The number of hydrogen-bond donors (Lipinski definition) is 5. The number of ether oxygens (including phenoxy) is 2. The molecule has 7 aromatic rings. The number of nitrogens with one attached hydrogen (secondary N) is 2. The molecule has 16 nitrogen and oxygen atoms in total. The molecule has 1 fully saturated rings. The van der Waals surface area contributed by atoms with Crippen LogP contribution in [-0.4, -0.2) is 100 Å². The summed E-state index contributed by atoms with van der Waals surface area (Å²) in [6.45, 7) is 12.3. The summed E-state index contributed by atoms with van der Waals surface area (Å²) in [7, 11) is 0. The minimum atomic E-state index is -1.00. The molecule has 69 heavy (non-hydrogen) atoms. The second-order valence-corrected chi connectivity index (χ2v) is 19.5. The van der Waals surface area contributed by atoms with Gasteiger partial charge in [-0.2, -0.15) is 0 Å². The Morgan fingerprint density at radius 2 is 1.62 bits per heavy atom. The summed E-state index contributed by atoms with van der Waals surface area (Å²) in [6, 6.07) is 26.0. The molecule has 4 atom stereocenters. The molecule has 3 aromatic heterocycles. The Bertz CT molecular complexity index is 2920. The number of carbonyl (C=O) groups is 3. The highest BCUT2D eigenvalue weighted by atomic mass is 32.1. The van der Waals surface area contributed by atoms with E-state index in [9.17, 15) is 29.7 Å². The third-order valence-electron chi connectivity index (χ3n) is 12.4. The number of amides is 3. The van der Waals surface area contributed by atoms with Crippen molar-refractivity contribution in [3.63, 3.8) is 0 Å². The van der Waals surface area contributed by atoms with Gasteiger partial charge >= 0.3 is 0 Å². The summed E-state index contributed by atoms with van der Waals surface area (Å²) >= 11 is 1.57. The molecule has 5 N–H and O–H groups in total. The summed E-state index contributed by atoms with van der Waals surface area (Å²) in [5.41, 5.74) is 9.50. The predicted molar refractivity (Wildman–Crippen MR) is 263 cm³/mol. The van der Waals surface area contributed by atoms with E-state index in [-0.39, 0.29) is 49.6 Å².